The molecule has 3 aromatic rings. The molecule has 0 aliphatic rings. The van der Waals surface area contributed by atoms with Gasteiger partial charge in [-0.2, -0.15) is 0 Å². The van der Waals surface area contributed by atoms with Crippen LogP contribution in [0.3, 0.4) is 0 Å². The molecule has 0 radical (unpaired) electrons. The summed E-state index contributed by atoms with van der Waals surface area (Å²) in [6.45, 7) is 6.60. The number of thiophene rings is 1. The van der Waals surface area contributed by atoms with Gasteiger partial charge in [0, 0.05) is 23.9 Å². The summed E-state index contributed by atoms with van der Waals surface area (Å²) in [6, 6.07) is 8.36. The molecular weight excluding hydrogens is 360 g/mol. The first kappa shape index (κ1) is 19.3. The second kappa shape index (κ2) is 8.05. The Morgan fingerprint density at radius 1 is 1.26 bits per heavy atom. The van der Waals surface area contributed by atoms with Gasteiger partial charge in [-0.3, -0.25) is 14.2 Å². The highest BCUT2D eigenvalue weighted by Crippen LogP contribution is 2.31. The van der Waals surface area contributed by atoms with E-state index in [1.54, 1.807) is 4.57 Å². The number of carbonyl (C=O) groups is 1. The minimum Gasteiger partial charge on any atom is -0.469 e. The number of nitrogens with zero attached hydrogens (tertiary/aromatic N) is 2. The van der Waals surface area contributed by atoms with Gasteiger partial charge in [0.25, 0.3) is 5.56 Å². The fraction of sp³-hybridized carbons (Fsp3) is 0.381. The van der Waals surface area contributed by atoms with Crippen LogP contribution in [0, 0.1) is 6.92 Å². The normalized spacial score (nSPS) is 11.3. The largest absolute Gasteiger partial charge is 0.469 e. The van der Waals surface area contributed by atoms with Crippen LogP contribution < -0.4 is 5.56 Å². The van der Waals surface area contributed by atoms with Gasteiger partial charge in [-0.05, 0) is 30.4 Å². The van der Waals surface area contributed by atoms with E-state index in [2.05, 4.69) is 47.8 Å². The van der Waals surface area contributed by atoms with Crippen molar-refractivity contribution in [2.75, 3.05) is 7.11 Å². The Hall–Kier alpha value is -2.47. The summed E-state index contributed by atoms with van der Waals surface area (Å²) in [5.41, 5.74) is 3.16. The molecule has 0 aliphatic carbocycles. The van der Waals surface area contributed by atoms with Gasteiger partial charge in [-0.25, -0.2) is 4.98 Å². The van der Waals surface area contributed by atoms with Crippen LogP contribution in [0.5, 0.6) is 0 Å². The van der Waals surface area contributed by atoms with Crippen LogP contribution in [-0.4, -0.2) is 22.6 Å². The van der Waals surface area contributed by atoms with Crippen molar-refractivity contribution in [3.05, 3.63) is 51.4 Å². The number of esters is 1. The lowest BCUT2D eigenvalue weighted by atomic mass is 9.99. The smallest absolute Gasteiger partial charge is 0.305 e. The van der Waals surface area contributed by atoms with Gasteiger partial charge in [-0.1, -0.05) is 38.1 Å². The predicted octanol–water partition coefficient (Wildman–Crippen LogP) is 4.51. The van der Waals surface area contributed by atoms with Crippen molar-refractivity contribution in [2.45, 2.75) is 46.1 Å². The highest BCUT2D eigenvalue weighted by atomic mass is 32.1. The molecular formula is C21H24N2O3S. The van der Waals surface area contributed by atoms with Crippen LogP contribution in [0.1, 0.15) is 44.0 Å². The molecule has 0 saturated heterocycles. The van der Waals surface area contributed by atoms with Crippen LogP contribution >= 0.6 is 11.3 Å². The van der Waals surface area contributed by atoms with Crippen LogP contribution in [0.4, 0.5) is 0 Å². The number of aryl methyl sites for hydroxylation is 1. The first-order valence-corrected chi connectivity index (χ1v) is 9.96. The molecule has 2 aromatic heterocycles. The van der Waals surface area contributed by atoms with Gasteiger partial charge < -0.3 is 4.74 Å². The monoisotopic (exact) mass is 384 g/mol. The lowest BCUT2D eigenvalue weighted by Crippen LogP contribution is -2.24. The maximum absolute atomic E-state index is 13.1. The lowest BCUT2D eigenvalue weighted by molar-refractivity contribution is -0.140. The fourth-order valence-corrected chi connectivity index (χ4v) is 4.12. The molecule has 0 N–H and O–H groups in total. The Bertz CT molecular complexity index is 1020. The zero-order valence-electron chi connectivity index (χ0n) is 16.1. The van der Waals surface area contributed by atoms with Crippen molar-refractivity contribution >= 4 is 27.5 Å². The molecule has 0 bridgehead atoms. The third-order valence-corrected chi connectivity index (χ3v) is 5.64. The zero-order chi connectivity index (χ0) is 19.6. The number of benzene rings is 1. The number of ether oxygens (including phenoxy) is 1. The van der Waals surface area contributed by atoms with Gasteiger partial charge in [0.2, 0.25) is 0 Å². The first-order valence-electron chi connectivity index (χ1n) is 9.08. The van der Waals surface area contributed by atoms with Crippen molar-refractivity contribution in [1.82, 2.24) is 9.55 Å². The van der Waals surface area contributed by atoms with E-state index in [0.29, 0.717) is 30.1 Å². The number of carbonyl (C=O) groups excluding carboxylic acids is 1. The number of hydrogen-bond acceptors (Lipinski definition) is 5. The van der Waals surface area contributed by atoms with Crippen molar-refractivity contribution < 1.29 is 9.53 Å². The second-order valence-corrected chi connectivity index (χ2v) is 7.76. The summed E-state index contributed by atoms with van der Waals surface area (Å²) in [7, 11) is 1.37. The SMILES string of the molecule is COC(=O)CCCn1c(C)nc2scc(-c3ccc(C(C)C)cc3)c2c1=O. The molecule has 0 atom stereocenters. The van der Waals surface area contributed by atoms with Crippen LogP contribution in [0.15, 0.2) is 34.4 Å². The Morgan fingerprint density at radius 2 is 1.96 bits per heavy atom. The van der Waals surface area contributed by atoms with Gasteiger partial charge in [0.15, 0.2) is 0 Å². The molecule has 0 aliphatic heterocycles. The maximum atomic E-state index is 13.1. The summed E-state index contributed by atoms with van der Waals surface area (Å²) < 4.78 is 6.33. The van der Waals surface area contributed by atoms with E-state index in [0.717, 1.165) is 16.0 Å². The Morgan fingerprint density at radius 3 is 2.59 bits per heavy atom. The van der Waals surface area contributed by atoms with E-state index in [-0.39, 0.29) is 17.9 Å². The molecule has 5 nitrogen and oxygen atoms in total. The number of methoxy groups -OCH3 is 1. The van der Waals surface area contributed by atoms with E-state index in [4.69, 9.17) is 0 Å². The van der Waals surface area contributed by atoms with E-state index >= 15 is 0 Å². The minimum absolute atomic E-state index is 0.0495. The second-order valence-electron chi connectivity index (χ2n) is 6.90. The quantitative estimate of drug-likeness (QED) is 0.587. The van der Waals surface area contributed by atoms with E-state index in [1.165, 1.54) is 24.0 Å². The number of aromatic nitrogens is 2. The van der Waals surface area contributed by atoms with Crippen molar-refractivity contribution in [3.63, 3.8) is 0 Å². The Labute approximate surface area is 162 Å². The summed E-state index contributed by atoms with van der Waals surface area (Å²) >= 11 is 1.49. The van der Waals surface area contributed by atoms with Crippen LogP contribution in [-0.2, 0) is 16.1 Å². The van der Waals surface area contributed by atoms with Gasteiger partial charge in [0.05, 0.1) is 12.5 Å². The molecule has 27 heavy (non-hydrogen) atoms. The fourth-order valence-electron chi connectivity index (χ4n) is 3.13. The first-order chi connectivity index (χ1) is 12.9. The van der Waals surface area contributed by atoms with Crippen LogP contribution in [0.25, 0.3) is 21.3 Å². The molecule has 142 valence electrons. The number of hydrogen-bond donors (Lipinski definition) is 0. The maximum Gasteiger partial charge on any atom is 0.305 e. The highest BCUT2D eigenvalue weighted by molar-refractivity contribution is 7.17. The lowest BCUT2D eigenvalue weighted by Gasteiger charge is -2.10. The Kier molecular flexibility index (Phi) is 5.75. The molecule has 0 spiro atoms. The Balaban J connectivity index is 1.99. The molecule has 0 unspecified atom stereocenters. The van der Waals surface area contributed by atoms with Crippen molar-refractivity contribution in [2.24, 2.45) is 0 Å². The number of rotatable bonds is 6. The summed E-state index contributed by atoms with van der Waals surface area (Å²) in [5, 5.41) is 2.66. The molecule has 0 saturated carbocycles. The van der Waals surface area contributed by atoms with Crippen molar-refractivity contribution in [3.8, 4) is 11.1 Å². The van der Waals surface area contributed by atoms with Gasteiger partial charge in [-0.15, -0.1) is 11.3 Å². The van der Waals surface area contributed by atoms with Crippen molar-refractivity contribution in [1.29, 1.82) is 0 Å². The topological polar surface area (TPSA) is 61.2 Å². The van der Waals surface area contributed by atoms with E-state index < -0.39 is 0 Å². The van der Waals surface area contributed by atoms with Gasteiger partial charge in [0.1, 0.15) is 10.7 Å². The predicted molar refractivity (Wildman–Crippen MR) is 109 cm³/mol. The summed E-state index contributed by atoms with van der Waals surface area (Å²) in [4.78, 5) is 29.8. The third kappa shape index (κ3) is 3.95. The summed E-state index contributed by atoms with van der Waals surface area (Å²) in [5.74, 6) is 0.867. The van der Waals surface area contributed by atoms with Gasteiger partial charge >= 0.3 is 5.97 Å². The van der Waals surface area contributed by atoms with E-state index in [1.807, 2.05) is 12.3 Å². The average Bonchev–Trinajstić information content (AvgIpc) is 3.08. The van der Waals surface area contributed by atoms with Crippen LogP contribution in [0.2, 0.25) is 0 Å². The van der Waals surface area contributed by atoms with E-state index in [9.17, 15) is 9.59 Å². The molecule has 1 aromatic carbocycles. The summed E-state index contributed by atoms with van der Waals surface area (Å²) in [6.07, 6.45) is 0.830. The molecule has 0 amide bonds. The molecule has 0 fully saturated rings. The molecule has 6 heteroatoms. The standard InChI is InChI=1S/C21H24N2O3S/c1-13(2)15-7-9-16(10-8-15)17-12-27-20-19(17)21(25)23(14(3)22-20)11-5-6-18(24)26-4/h7-10,12-13H,5-6,11H2,1-4H3. The zero-order valence-corrected chi connectivity index (χ0v) is 16.9. The third-order valence-electron chi connectivity index (χ3n) is 4.76. The molecule has 3 rings (SSSR count). The average molecular weight is 385 g/mol. The molecule has 2 heterocycles. The number of fused-ring (bicyclic) bond motifs is 1. The highest BCUT2D eigenvalue weighted by Gasteiger charge is 2.16. The minimum atomic E-state index is -0.267.